The van der Waals surface area contributed by atoms with Crippen LogP contribution < -0.4 is 10.5 Å². The van der Waals surface area contributed by atoms with Gasteiger partial charge in [-0.3, -0.25) is 9.59 Å². The van der Waals surface area contributed by atoms with Gasteiger partial charge >= 0.3 is 5.97 Å². The second kappa shape index (κ2) is 12.3. The molecule has 7 nitrogen and oxygen atoms in total. The summed E-state index contributed by atoms with van der Waals surface area (Å²) in [4.78, 5) is 20.5. The molecule has 0 aromatic carbocycles. The van der Waals surface area contributed by atoms with Crippen LogP contribution in [0.1, 0.15) is 19.3 Å². The molecule has 0 radical (unpaired) electrons. The van der Waals surface area contributed by atoms with Crippen molar-refractivity contribution in [3.63, 3.8) is 0 Å². The number of carbonyl (C=O) groups excluding carboxylic acids is 1. The molecule has 0 unspecified atom stereocenters. The van der Waals surface area contributed by atoms with Gasteiger partial charge in [-0.05, 0) is 19.4 Å². The number of rotatable bonds is 9. The number of hydrogen-bond donors (Lipinski definition) is 3. The van der Waals surface area contributed by atoms with Crippen molar-refractivity contribution < 1.29 is 23.1 Å². The van der Waals surface area contributed by atoms with Crippen molar-refractivity contribution in [2.24, 2.45) is 5.73 Å². The first-order valence-corrected chi connectivity index (χ1v) is 8.67. The van der Waals surface area contributed by atoms with Crippen LogP contribution in [0.15, 0.2) is 0 Å². The Morgan fingerprint density at radius 2 is 1.75 bits per heavy atom. The van der Waals surface area contributed by atoms with E-state index < -0.39 is 22.0 Å². The molecule has 0 aromatic rings. The molecule has 0 heterocycles. The number of carbonyl (C=O) groups is 2. The predicted molar refractivity (Wildman–Crippen MR) is 78.8 cm³/mol. The third-order valence-electron chi connectivity index (χ3n) is 1.90. The molecular weight excluding hydrogens is 331 g/mol. The van der Waals surface area contributed by atoms with Crippen LogP contribution in [0.5, 0.6) is 0 Å². The Balaban J connectivity index is 0. The number of Topliss-reactive ketones (excluding diaryl/α,β-unsaturated/α-hetero) is 1. The smallest absolute Gasteiger partial charge is 0.321 e. The molecule has 0 amide bonds. The van der Waals surface area contributed by atoms with Crippen LogP contribution >= 0.6 is 23.2 Å². The Morgan fingerprint density at radius 3 is 2.00 bits per heavy atom. The van der Waals surface area contributed by atoms with Gasteiger partial charge in [-0.25, -0.2) is 13.1 Å². The minimum Gasteiger partial charge on any atom is -0.480 e. The highest BCUT2D eigenvalue weighted by molar-refractivity contribution is 7.88. The molecular formula is C10H20Cl2N2O5S. The topological polar surface area (TPSA) is 127 Å². The minimum absolute atomic E-state index is 0.0312. The van der Waals surface area contributed by atoms with E-state index in [0.29, 0.717) is 19.4 Å². The summed E-state index contributed by atoms with van der Waals surface area (Å²) in [5, 5.41) is 8.68. The first kappa shape index (κ1) is 21.9. The molecule has 0 rings (SSSR count). The van der Waals surface area contributed by atoms with Crippen LogP contribution in [-0.2, 0) is 19.6 Å². The van der Waals surface area contributed by atoms with Gasteiger partial charge < -0.3 is 10.8 Å². The van der Waals surface area contributed by atoms with E-state index in [-0.39, 0.29) is 24.0 Å². The molecule has 20 heavy (non-hydrogen) atoms. The summed E-state index contributed by atoms with van der Waals surface area (Å²) < 4.78 is 23.6. The van der Waals surface area contributed by atoms with E-state index in [2.05, 4.69) is 0 Å². The van der Waals surface area contributed by atoms with Gasteiger partial charge in [0.2, 0.25) is 10.0 Å². The number of carboxylic acids is 1. The fraction of sp³-hybridized carbons (Fsp3) is 0.800. The summed E-state index contributed by atoms with van der Waals surface area (Å²) in [5.41, 5.74) is 5.23. The number of alkyl halides is 2. The number of nitrogens with one attached hydrogen (secondary N) is 1. The molecule has 0 aromatic heterocycles. The summed E-state index contributed by atoms with van der Waals surface area (Å²) >= 11 is 10.0. The van der Waals surface area contributed by atoms with Gasteiger partial charge in [0.1, 0.15) is 6.04 Å². The predicted octanol–water partition coefficient (Wildman–Crippen LogP) is 0.151. The van der Waals surface area contributed by atoms with Crippen molar-refractivity contribution in [3.05, 3.63) is 0 Å². The van der Waals surface area contributed by atoms with Crippen LogP contribution in [0, 0.1) is 0 Å². The lowest BCUT2D eigenvalue weighted by molar-refractivity contribution is -0.139. The van der Waals surface area contributed by atoms with E-state index in [4.69, 9.17) is 34.0 Å². The Labute approximate surface area is 128 Å². The summed E-state index contributed by atoms with van der Waals surface area (Å²) in [7, 11) is -3.47. The van der Waals surface area contributed by atoms with Crippen molar-refractivity contribution in [1.82, 2.24) is 4.72 Å². The Bertz CT molecular complexity index is 383. The average Bonchev–Trinajstić information content (AvgIpc) is 2.36. The van der Waals surface area contributed by atoms with Gasteiger partial charge in [-0.15, -0.1) is 23.2 Å². The highest BCUT2D eigenvalue weighted by Gasteiger charge is 2.20. The first-order chi connectivity index (χ1) is 9.17. The van der Waals surface area contributed by atoms with E-state index in [1.807, 2.05) is 4.72 Å². The number of unbranched alkanes of at least 4 members (excludes halogenated alkanes) is 1. The van der Waals surface area contributed by atoms with Crippen LogP contribution in [0.4, 0.5) is 0 Å². The Hall–Kier alpha value is -0.410. The van der Waals surface area contributed by atoms with E-state index in [9.17, 15) is 18.0 Å². The number of aliphatic carboxylic acids is 1. The molecule has 0 bridgehead atoms. The zero-order valence-electron chi connectivity index (χ0n) is 11.1. The van der Waals surface area contributed by atoms with Crippen molar-refractivity contribution in [2.45, 2.75) is 25.3 Å². The van der Waals surface area contributed by atoms with Crippen LogP contribution in [0.3, 0.4) is 0 Å². The van der Waals surface area contributed by atoms with E-state index >= 15 is 0 Å². The minimum atomic E-state index is -3.47. The highest BCUT2D eigenvalue weighted by Crippen LogP contribution is 2.01. The van der Waals surface area contributed by atoms with Crippen molar-refractivity contribution in [3.8, 4) is 0 Å². The van der Waals surface area contributed by atoms with Crippen LogP contribution in [-0.4, -0.2) is 55.9 Å². The summed E-state index contributed by atoms with van der Waals surface area (Å²) in [5.74, 6) is -1.22. The molecule has 0 aliphatic carbocycles. The number of halogens is 2. The summed E-state index contributed by atoms with van der Waals surface area (Å²) in [6.45, 7) is 0.477. The number of hydrogen-bond acceptors (Lipinski definition) is 5. The summed E-state index contributed by atoms with van der Waals surface area (Å²) in [6, 6.07) is -1.04. The van der Waals surface area contributed by atoms with Crippen molar-refractivity contribution in [1.29, 1.82) is 0 Å². The van der Waals surface area contributed by atoms with Crippen molar-refractivity contribution in [2.75, 3.05) is 24.6 Å². The number of ketones is 1. The number of sulfonamides is 1. The van der Waals surface area contributed by atoms with E-state index in [0.717, 1.165) is 6.26 Å². The van der Waals surface area contributed by atoms with Gasteiger partial charge in [0.05, 0.1) is 18.0 Å². The quantitative estimate of drug-likeness (QED) is 0.401. The van der Waals surface area contributed by atoms with Crippen molar-refractivity contribution >= 4 is 45.0 Å². The lowest BCUT2D eigenvalue weighted by atomic mass is 10.1. The Kier molecular flexibility index (Phi) is 13.5. The standard InChI is InChI=1S/C7H16N2O4S.C3H4Cl2O/c1-14(12,13)9-6(7(10)11)4-2-3-5-8;4-1-3(6)2-5/h6,9H,2-5,8H2,1H3,(H,10,11);1-2H2/t6-;/m0./s1. The van der Waals surface area contributed by atoms with E-state index in [1.165, 1.54) is 0 Å². The lowest BCUT2D eigenvalue weighted by Crippen LogP contribution is -2.40. The molecule has 0 aliphatic heterocycles. The fourth-order valence-electron chi connectivity index (χ4n) is 1.02. The monoisotopic (exact) mass is 350 g/mol. The maximum Gasteiger partial charge on any atom is 0.321 e. The second-order valence-electron chi connectivity index (χ2n) is 3.87. The second-order valence-corrected chi connectivity index (χ2v) is 6.19. The number of carboxylic acid groups (broad SMARTS) is 1. The van der Waals surface area contributed by atoms with Gasteiger partial charge in [-0.2, -0.15) is 0 Å². The first-order valence-electron chi connectivity index (χ1n) is 5.71. The SMILES string of the molecule is CS(=O)(=O)N[C@@H](CCCCN)C(=O)O.O=C(CCl)CCl. The third-order valence-corrected chi connectivity index (χ3v) is 3.21. The van der Waals surface area contributed by atoms with E-state index in [1.54, 1.807) is 0 Å². The van der Waals surface area contributed by atoms with Gasteiger partial charge in [0, 0.05) is 0 Å². The average molecular weight is 351 g/mol. The molecule has 0 saturated heterocycles. The molecule has 0 saturated carbocycles. The fourth-order valence-corrected chi connectivity index (χ4v) is 2.04. The van der Waals surface area contributed by atoms with Crippen LogP contribution in [0.25, 0.3) is 0 Å². The maximum atomic E-state index is 10.8. The Morgan fingerprint density at radius 1 is 1.25 bits per heavy atom. The normalized spacial score (nSPS) is 12.2. The highest BCUT2D eigenvalue weighted by atomic mass is 35.5. The zero-order valence-corrected chi connectivity index (χ0v) is 13.5. The molecule has 120 valence electrons. The molecule has 0 aliphatic rings. The van der Waals surface area contributed by atoms with Crippen LogP contribution in [0.2, 0.25) is 0 Å². The lowest BCUT2D eigenvalue weighted by Gasteiger charge is -2.11. The molecule has 1 atom stereocenters. The molecule has 10 heteroatoms. The molecule has 0 spiro atoms. The largest absolute Gasteiger partial charge is 0.480 e. The number of nitrogens with two attached hydrogens (primary N) is 1. The van der Waals surface area contributed by atoms with Gasteiger partial charge in [0.25, 0.3) is 0 Å². The molecule has 4 N–H and O–H groups in total. The zero-order chi connectivity index (χ0) is 16.2. The van der Waals surface area contributed by atoms with Gasteiger partial charge in [0.15, 0.2) is 5.78 Å². The third kappa shape index (κ3) is 15.6. The summed E-state index contributed by atoms with van der Waals surface area (Å²) in [6.07, 6.45) is 2.48. The van der Waals surface area contributed by atoms with Gasteiger partial charge in [-0.1, -0.05) is 6.42 Å². The maximum absolute atomic E-state index is 10.8. The molecule has 0 fully saturated rings.